The van der Waals surface area contributed by atoms with Crippen LogP contribution in [-0.2, 0) is 0 Å². The Kier molecular flexibility index (Phi) is 3.44. The van der Waals surface area contributed by atoms with E-state index in [0.29, 0.717) is 5.56 Å². The predicted molar refractivity (Wildman–Crippen MR) is 64.1 cm³/mol. The number of rotatable bonds is 3. The lowest BCUT2D eigenvalue weighted by molar-refractivity contribution is 0.612. The van der Waals surface area contributed by atoms with Crippen molar-refractivity contribution in [3.8, 4) is 0 Å². The summed E-state index contributed by atoms with van der Waals surface area (Å²) in [6.45, 7) is 1.75. The van der Waals surface area contributed by atoms with Crippen LogP contribution in [-0.4, -0.2) is 17.0 Å². The lowest BCUT2D eigenvalue weighted by Gasteiger charge is -2.16. The molecule has 17 heavy (non-hydrogen) atoms. The van der Waals surface area contributed by atoms with Crippen LogP contribution in [0.2, 0.25) is 0 Å². The van der Waals surface area contributed by atoms with Crippen molar-refractivity contribution in [1.82, 2.24) is 15.3 Å². The van der Waals surface area contributed by atoms with Crippen LogP contribution in [0.5, 0.6) is 0 Å². The molecule has 0 radical (unpaired) electrons. The van der Waals surface area contributed by atoms with E-state index < -0.39 is 0 Å². The van der Waals surface area contributed by atoms with Crippen molar-refractivity contribution in [3.05, 3.63) is 59.4 Å². The van der Waals surface area contributed by atoms with Gasteiger partial charge in [-0.2, -0.15) is 0 Å². The average molecular weight is 231 g/mol. The van der Waals surface area contributed by atoms with E-state index in [9.17, 15) is 4.39 Å². The molecule has 1 N–H and O–H groups in total. The topological polar surface area (TPSA) is 37.8 Å². The summed E-state index contributed by atoms with van der Waals surface area (Å²) in [5.41, 5.74) is 2.43. The molecule has 0 aliphatic carbocycles. The van der Waals surface area contributed by atoms with E-state index in [1.54, 1.807) is 31.6 Å². The normalized spacial score (nSPS) is 12.4. The molecular weight excluding hydrogens is 217 g/mol. The Morgan fingerprint density at radius 2 is 2.12 bits per heavy atom. The molecule has 0 fully saturated rings. The number of nitrogens with zero attached hydrogens (tertiary/aromatic N) is 2. The summed E-state index contributed by atoms with van der Waals surface area (Å²) < 4.78 is 13.2. The molecule has 1 heterocycles. The Labute approximate surface area is 99.7 Å². The zero-order valence-electron chi connectivity index (χ0n) is 9.81. The zero-order valence-corrected chi connectivity index (χ0v) is 9.81. The van der Waals surface area contributed by atoms with Crippen LogP contribution in [0.1, 0.15) is 22.9 Å². The number of aryl methyl sites for hydroxylation is 1. The average Bonchev–Trinajstić information content (AvgIpc) is 2.36. The second-order valence-corrected chi connectivity index (χ2v) is 3.86. The molecule has 3 nitrogen and oxygen atoms in total. The molecule has 1 aromatic heterocycles. The van der Waals surface area contributed by atoms with E-state index in [1.165, 1.54) is 6.07 Å². The number of aromatic nitrogens is 2. The molecule has 1 unspecified atom stereocenters. The van der Waals surface area contributed by atoms with Gasteiger partial charge in [0.15, 0.2) is 0 Å². The SMILES string of the molecule is CNC(c1ccc(F)c(C)c1)c1cnccn1. The molecule has 1 atom stereocenters. The van der Waals surface area contributed by atoms with E-state index in [-0.39, 0.29) is 11.9 Å². The molecule has 0 aliphatic rings. The molecule has 0 aliphatic heterocycles. The number of nitrogens with one attached hydrogen (secondary N) is 1. The Balaban J connectivity index is 2.39. The Morgan fingerprint density at radius 1 is 1.29 bits per heavy atom. The number of halogens is 1. The first-order valence-corrected chi connectivity index (χ1v) is 5.41. The maximum Gasteiger partial charge on any atom is 0.126 e. The van der Waals surface area contributed by atoms with Crippen molar-refractivity contribution in [2.45, 2.75) is 13.0 Å². The minimum Gasteiger partial charge on any atom is -0.308 e. The minimum absolute atomic E-state index is 0.0667. The van der Waals surface area contributed by atoms with Crippen LogP contribution in [0.15, 0.2) is 36.8 Å². The summed E-state index contributed by atoms with van der Waals surface area (Å²) in [6, 6.07) is 5.00. The van der Waals surface area contributed by atoms with Gasteiger partial charge in [-0.1, -0.05) is 12.1 Å². The molecule has 0 spiro atoms. The Bertz CT molecular complexity index is 499. The lowest BCUT2D eigenvalue weighted by atomic mass is 10.0. The largest absolute Gasteiger partial charge is 0.308 e. The van der Waals surface area contributed by atoms with Crippen molar-refractivity contribution < 1.29 is 4.39 Å². The first-order chi connectivity index (χ1) is 8.22. The fourth-order valence-corrected chi connectivity index (χ4v) is 1.79. The monoisotopic (exact) mass is 231 g/mol. The summed E-state index contributed by atoms with van der Waals surface area (Å²) in [5, 5.41) is 3.16. The fourth-order valence-electron chi connectivity index (χ4n) is 1.79. The highest BCUT2D eigenvalue weighted by Gasteiger charge is 2.14. The van der Waals surface area contributed by atoms with Crippen molar-refractivity contribution >= 4 is 0 Å². The van der Waals surface area contributed by atoms with Crippen LogP contribution >= 0.6 is 0 Å². The van der Waals surface area contributed by atoms with Crippen molar-refractivity contribution in [2.75, 3.05) is 7.05 Å². The number of benzene rings is 1. The molecule has 0 saturated carbocycles. The molecule has 1 aromatic carbocycles. The van der Waals surface area contributed by atoms with E-state index in [2.05, 4.69) is 15.3 Å². The van der Waals surface area contributed by atoms with Crippen LogP contribution in [0.4, 0.5) is 4.39 Å². The second kappa shape index (κ2) is 5.01. The zero-order chi connectivity index (χ0) is 12.3. The van der Waals surface area contributed by atoms with Gasteiger partial charge in [0, 0.05) is 12.4 Å². The van der Waals surface area contributed by atoms with Crippen LogP contribution in [0, 0.1) is 12.7 Å². The second-order valence-electron chi connectivity index (χ2n) is 3.86. The van der Waals surface area contributed by atoms with E-state index >= 15 is 0 Å². The first-order valence-electron chi connectivity index (χ1n) is 5.41. The van der Waals surface area contributed by atoms with Crippen molar-refractivity contribution in [2.24, 2.45) is 0 Å². The van der Waals surface area contributed by atoms with Gasteiger partial charge in [-0.05, 0) is 31.2 Å². The molecule has 2 rings (SSSR count). The van der Waals surface area contributed by atoms with E-state index in [1.807, 2.05) is 13.1 Å². The highest BCUT2D eigenvalue weighted by molar-refractivity contribution is 5.31. The number of hydrogen-bond acceptors (Lipinski definition) is 3. The third kappa shape index (κ3) is 2.47. The summed E-state index contributed by atoms with van der Waals surface area (Å²) in [4.78, 5) is 8.30. The molecule has 0 bridgehead atoms. The third-order valence-corrected chi connectivity index (χ3v) is 2.68. The molecule has 4 heteroatoms. The molecule has 88 valence electrons. The molecule has 0 saturated heterocycles. The summed E-state index contributed by atoms with van der Waals surface area (Å²) in [5.74, 6) is -0.192. The maximum absolute atomic E-state index is 13.2. The van der Waals surface area contributed by atoms with Gasteiger partial charge in [0.05, 0.1) is 17.9 Å². The van der Waals surface area contributed by atoms with Gasteiger partial charge in [-0.25, -0.2) is 4.39 Å². The summed E-state index contributed by atoms with van der Waals surface area (Å²) >= 11 is 0. The van der Waals surface area contributed by atoms with Crippen LogP contribution in [0.3, 0.4) is 0 Å². The van der Waals surface area contributed by atoms with Gasteiger partial charge in [0.1, 0.15) is 5.82 Å². The highest BCUT2D eigenvalue weighted by Crippen LogP contribution is 2.21. The summed E-state index contributed by atoms with van der Waals surface area (Å²) in [7, 11) is 1.85. The number of hydrogen-bond donors (Lipinski definition) is 1. The lowest BCUT2D eigenvalue weighted by Crippen LogP contribution is -2.19. The highest BCUT2D eigenvalue weighted by atomic mass is 19.1. The van der Waals surface area contributed by atoms with Gasteiger partial charge in [0.2, 0.25) is 0 Å². The first kappa shape index (κ1) is 11.7. The van der Waals surface area contributed by atoms with Crippen molar-refractivity contribution in [3.63, 3.8) is 0 Å². The Morgan fingerprint density at radius 3 is 2.71 bits per heavy atom. The van der Waals surface area contributed by atoms with E-state index in [0.717, 1.165) is 11.3 Å². The van der Waals surface area contributed by atoms with E-state index in [4.69, 9.17) is 0 Å². The molecular formula is C13H14FN3. The minimum atomic E-state index is -0.192. The van der Waals surface area contributed by atoms with Gasteiger partial charge >= 0.3 is 0 Å². The van der Waals surface area contributed by atoms with Crippen LogP contribution < -0.4 is 5.32 Å². The van der Waals surface area contributed by atoms with Gasteiger partial charge in [-0.15, -0.1) is 0 Å². The predicted octanol–water partition coefficient (Wildman–Crippen LogP) is 2.23. The fraction of sp³-hybridized carbons (Fsp3) is 0.231. The maximum atomic E-state index is 13.2. The smallest absolute Gasteiger partial charge is 0.126 e. The van der Waals surface area contributed by atoms with Gasteiger partial charge < -0.3 is 5.32 Å². The molecule has 2 aromatic rings. The summed E-state index contributed by atoms with van der Waals surface area (Å²) in [6.07, 6.45) is 4.99. The Hall–Kier alpha value is -1.81. The quantitative estimate of drug-likeness (QED) is 0.880. The molecule has 0 amide bonds. The van der Waals surface area contributed by atoms with Crippen molar-refractivity contribution in [1.29, 1.82) is 0 Å². The van der Waals surface area contributed by atoms with Gasteiger partial charge in [0.25, 0.3) is 0 Å². The standard InChI is InChI=1S/C13H14FN3/c1-9-7-10(3-4-11(9)14)13(15-2)12-8-16-5-6-17-12/h3-8,13,15H,1-2H3. The van der Waals surface area contributed by atoms with Gasteiger partial charge in [-0.3, -0.25) is 9.97 Å². The van der Waals surface area contributed by atoms with Crippen LogP contribution in [0.25, 0.3) is 0 Å². The third-order valence-electron chi connectivity index (χ3n) is 2.68.